The Labute approximate surface area is 125 Å². The molecule has 2 aromatic carbocycles. The number of hydrazine groups is 1. The van der Waals surface area contributed by atoms with E-state index in [0.29, 0.717) is 11.3 Å². The number of carbonyl (C=O) groups is 1. The van der Waals surface area contributed by atoms with Crippen molar-refractivity contribution in [1.29, 1.82) is 0 Å². The van der Waals surface area contributed by atoms with Crippen LogP contribution in [-0.4, -0.2) is 5.91 Å². The van der Waals surface area contributed by atoms with Gasteiger partial charge in [-0.25, -0.2) is 0 Å². The molecule has 1 amide bonds. The third kappa shape index (κ3) is 3.23. The maximum atomic E-state index is 12.5. The van der Waals surface area contributed by atoms with Crippen molar-refractivity contribution in [3.8, 4) is 0 Å². The summed E-state index contributed by atoms with van der Waals surface area (Å²) in [6, 6.07) is 9.65. The van der Waals surface area contributed by atoms with Crippen LogP contribution in [0.25, 0.3) is 0 Å². The Hall–Kier alpha value is -2.33. The van der Waals surface area contributed by atoms with Crippen LogP contribution in [-0.2, 0) is 0 Å². The molecule has 0 radical (unpaired) electrons. The minimum atomic E-state index is -0.165. The predicted octanol–water partition coefficient (Wildman–Crippen LogP) is 3.46. The standard InChI is InChI=1S/C17H21N3O/c1-10-5-6-15(20-18)14(9-10)17(21)19-16-12(3)7-11(2)8-13(16)4/h5-9,20H,18H2,1-4H3,(H,19,21). The van der Waals surface area contributed by atoms with Crippen LogP contribution in [0, 0.1) is 27.7 Å². The number of rotatable bonds is 3. The summed E-state index contributed by atoms with van der Waals surface area (Å²) < 4.78 is 0. The number of nitrogens with one attached hydrogen (secondary N) is 2. The minimum Gasteiger partial charge on any atom is -0.323 e. The van der Waals surface area contributed by atoms with Gasteiger partial charge in [0.1, 0.15) is 0 Å². The lowest BCUT2D eigenvalue weighted by Crippen LogP contribution is -2.18. The SMILES string of the molecule is Cc1cc(C)c(NC(=O)c2cc(C)ccc2NN)c(C)c1. The Bertz CT molecular complexity index is 669. The largest absolute Gasteiger partial charge is 0.323 e. The predicted molar refractivity (Wildman–Crippen MR) is 87.6 cm³/mol. The smallest absolute Gasteiger partial charge is 0.257 e. The van der Waals surface area contributed by atoms with Gasteiger partial charge < -0.3 is 10.7 Å². The molecule has 4 heteroatoms. The molecular formula is C17H21N3O. The zero-order valence-corrected chi connectivity index (χ0v) is 12.9. The van der Waals surface area contributed by atoms with E-state index in [4.69, 9.17) is 5.84 Å². The van der Waals surface area contributed by atoms with Crippen molar-refractivity contribution < 1.29 is 4.79 Å². The molecule has 0 aliphatic carbocycles. The second kappa shape index (κ2) is 5.97. The van der Waals surface area contributed by atoms with Crippen molar-refractivity contribution in [2.45, 2.75) is 27.7 Å². The monoisotopic (exact) mass is 283 g/mol. The molecule has 0 fully saturated rings. The Morgan fingerprint density at radius 2 is 1.57 bits per heavy atom. The molecule has 0 heterocycles. The number of amides is 1. The van der Waals surface area contributed by atoms with E-state index in [2.05, 4.69) is 22.9 Å². The van der Waals surface area contributed by atoms with Gasteiger partial charge in [0.2, 0.25) is 0 Å². The Morgan fingerprint density at radius 3 is 2.14 bits per heavy atom. The summed E-state index contributed by atoms with van der Waals surface area (Å²) in [4.78, 5) is 12.5. The van der Waals surface area contributed by atoms with E-state index >= 15 is 0 Å². The number of anilines is 2. The number of carbonyl (C=O) groups excluding carboxylic acids is 1. The molecule has 0 saturated carbocycles. The summed E-state index contributed by atoms with van der Waals surface area (Å²) in [5.74, 6) is 5.32. The molecule has 0 spiro atoms. The summed E-state index contributed by atoms with van der Waals surface area (Å²) in [5.41, 5.74) is 8.87. The van der Waals surface area contributed by atoms with E-state index in [1.807, 2.05) is 39.8 Å². The quantitative estimate of drug-likeness (QED) is 0.597. The highest BCUT2D eigenvalue weighted by Crippen LogP contribution is 2.24. The summed E-state index contributed by atoms with van der Waals surface area (Å²) in [7, 11) is 0. The van der Waals surface area contributed by atoms with Gasteiger partial charge in [-0.3, -0.25) is 10.6 Å². The molecule has 0 aromatic heterocycles. The van der Waals surface area contributed by atoms with Gasteiger partial charge in [0.05, 0.1) is 11.3 Å². The van der Waals surface area contributed by atoms with Crippen LogP contribution in [0.3, 0.4) is 0 Å². The molecule has 0 aliphatic heterocycles. The zero-order chi connectivity index (χ0) is 15.6. The van der Waals surface area contributed by atoms with Crippen LogP contribution in [0.15, 0.2) is 30.3 Å². The molecule has 21 heavy (non-hydrogen) atoms. The summed E-state index contributed by atoms with van der Waals surface area (Å²) in [5, 5.41) is 2.99. The lowest BCUT2D eigenvalue weighted by molar-refractivity contribution is 0.102. The second-order valence-corrected chi connectivity index (χ2v) is 5.42. The molecule has 0 saturated heterocycles. The van der Waals surface area contributed by atoms with E-state index in [1.165, 1.54) is 5.56 Å². The van der Waals surface area contributed by atoms with Gasteiger partial charge in [-0.2, -0.15) is 0 Å². The average Bonchev–Trinajstić information content (AvgIpc) is 2.42. The number of aryl methyl sites for hydroxylation is 4. The van der Waals surface area contributed by atoms with Crippen molar-refractivity contribution in [2.75, 3.05) is 10.7 Å². The van der Waals surface area contributed by atoms with Gasteiger partial charge in [0.15, 0.2) is 0 Å². The van der Waals surface area contributed by atoms with E-state index in [9.17, 15) is 4.79 Å². The third-order valence-corrected chi connectivity index (χ3v) is 3.49. The highest BCUT2D eigenvalue weighted by molar-refractivity contribution is 6.08. The third-order valence-electron chi connectivity index (χ3n) is 3.49. The highest BCUT2D eigenvalue weighted by Gasteiger charge is 2.14. The molecule has 0 atom stereocenters. The normalized spacial score (nSPS) is 10.3. The molecule has 4 nitrogen and oxygen atoms in total. The van der Waals surface area contributed by atoms with Gasteiger partial charge in [-0.05, 0) is 51.0 Å². The van der Waals surface area contributed by atoms with E-state index in [0.717, 1.165) is 22.4 Å². The molecule has 2 rings (SSSR count). The number of hydrogen-bond donors (Lipinski definition) is 3. The maximum absolute atomic E-state index is 12.5. The van der Waals surface area contributed by atoms with Crippen LogP contribution in [0.5, 0.6) is 0 Å². The highest BCUT2D eigenvalue weighted by atomic mass is 16.1. The van der Waals surface area contributed by atoms with Crippen molar-refractivity contribution in [2.24, 2.45) is 5.84 Å². The molecule has 0 bridgehead atoms. The van der Waals surface area contributed by atoms with Gasteiger partial charge in [-0.15, -0.1) is 0 Å². The van der Waals surface area contributed by atoms with Crippen molar-refractivity contribution >= 4 is 17.3 Å². The van der Waals surface area contributed by atoms with Crippen LogP contribution < -0.4 is 16.6 Å². The fourth-order valence-corrected chi connectivity index (χ4v) is 2.53. The van der Waals surface area contributed by atoms with Gasteiger partial charge >= 0.3 is 0 Å². The number of benzene rings is 2. The van der Waals surface area contributed by atoms with E-state index in [-0.39, 0.29) is 5.91 Å². The molecule has 0 unspecified atom stereocenters. The van der Waals surface area contributed by atoms with Crippen LogP contribution >= 0.6 is 0 Å². The summed E-state index contributed by atoms with van der Waals surface area (Å²) in [6.07, 6.45) is 0. The first-order valence-corrected chi connectivity index (χ1v) is 6.89. The summed E-state index contributed by atoms with van der Waals surface area (Å²) >= 11 is 0. The Kier molecular flexibility index (Phi) is 4.29. The summed E-state index contributed by atoms with van der Waals surface area (Å²) in [6.45, 7) is 7.98. The second-order valence-electron chi connectivity index (χ2n) is 5.42. The Balaban J connectivity index is 2.37. The van der Waals surface area contributed by atoms with Crippen LogP contribution in [0.1, 0.15) is 32.6 Å². The number of nitrogen functional groups attached to an aromatic ring is 1. The molecule has 4 N–H and O–H groups in total. The molecule has 0 aliphatic rings. The maximum Gasteiger partial charge on any atom is 0.257 e. The first-order chi connectivity index (χ1) is 9.92. The molecule has 110 valence electrons. The fraction of sp³-hybridized carbons (Fsp3) is 0.235. The van der Waals surface area contributed by atoms with Crippen LogP contribution in [0.4, 0.5) is 11.4 Å². The number of hydrogen-bond acceptors (Lipinski definition) is 3. The molecule has 2 aromatic rings. The van der Waals surface area contributed by atoms with Gasteiger partial charge in [0.25, 0.3) is 5.91 Å². The van der Waals surface area contributed by atoms with Gasteiger partial charge in [0, 0.05) is 5.69 Å². The topological polar surface area (TPSA) is 67.2 Å². The zero-order valence-electron chi connectivity index (χ0n) is 12.9. The first-order valence-electron chi connectivity index (χ1n) is 6.89. The van der Waals surface area contributed by atoms with Crippen molar-refractivity contribution in [1.82, 2.24) is 0 Å². The lowest BCUT2D eigenvalue weighted by atomic mass is 10.0. The Morgan fingerprint density at radius 1 is 0.952 bits per heavy atom. The number of nitrogens with two attached hydrogens (primary N) is 1. The lowest BCUT2D eigenvalue weighted by Gasteiger charge is -2.15. The van der Waals surface area contributed by atoms with Crippen LogP contribution in [0.2, 0.25) is 0 Å². The average molecular weight is 283 g/mol. The minimum absolute atomic E-state index is 0.165. The van der Waals surface area contributed by atoms with Gasteiger partial charge in [-0.1, -0.05) is 29.3 Å². The van der Waals surface area contributed by atoms with E-state index in [1.54, 1.807) is 6.07 Å². The van der Waals surface area contributed by atoms with E-state index < -0.39 is 0 Å². The van der Waals surface area contributed by atoms with Crippen molar-refractivity contribution in [3.63, 3.8) is 0 Å². The molecular weight excluding hydrogens is 262 g/mol. The first kappa shape index (κ1) is 15.1. The fourth-order valence-electron chi connectivity index (χ4n) is 2.53. The van der Waals surface area contributed by atoms with Crippen molar-refractivity contribution in [3.05, 3.63) is 58.1 Å².